The molecule has 2 heterocycles. The zero-order valence-electron chi connectivity index (χ0n) is 20.0. The summed E-state index contributed by atoms with van der Waals surface area (Å²) in [6.07, 6.45) is 0. The van der Waals surface area contributed by atoms with Gasteiger partial charge in [-0.15, -0.1) is 5.10 Å². The van der Waals surface area contributed by atoms with Crippen molar-refractivity contribution in [2.45, 2.75) is 34.2 Å². The average Bonchev–Trinajstić information content (AvgIpc) is 3.12. The van der Waals surface area contributed by atoms with Crippen molar-refractivity contribution >= 4 is 28.3 Å². The third-order valence-corrected chi connectivity index (χ3v) is 5.87. The number of fused-ring (bicyclic) bond motifs is 3. The molecule has 2 aromatic heterocycles. The molecule has 3 aromatic carbocycles. The molecule has 1 amide bonds. The highest BCUT2D eigenvalue weighted by molar-refractivity contribution is 5.90. The number of hydrogen-bond donors (Lipinski definition) is 1. The van der Waals surface area contributed by atoms with Gasteiger partial charge in [-0.3, -0.25) is 4.79 Å². The number of ether oxygens (including phenoxy) is 1. The van der Waals surface area contributed by atoms with Gasteiger partial charge in [0, 0.05) is 5.69 Å². The molecule has 0 unspecified atom stereocenters. The Morgan fingerprint density at radius 2 is 1.69 bits per heavy atom. The Labute approximate surface area is 201 Å². The molecule has 8 nitrogen and oxygen atoms in total. The van der Waals surface area contributed by atoms with Gasteiger partial charge >= 0.3 is 5.69 Å². The monoisotopic (exact) mass is 467 g/mol. The van der Waals surface area contributed by atoms with Crippen LogP contribution >= 0.6 is 0 Å². The first-order valence-corrected chi connectivity index (χ1v) is 11.3. The molecular weight excluding hydrogens is 442 g/mol. The molecule has 5 aromatic rings. The van der Waals surface area contributed by atoms with Crippen LogP contribution in [0.2, 0.25) is 0 Å². The van der Waals surface area contributed by atoms with Crippen LogP contribution in [0.15, 0.2) is 65.5 Å². The van der Waals surface area contributed by atoms with E-state index in [-0.39, 0.29) is 24.0 Å². The summed E-state index contributed by atoms with van der Waals surface area (Å²) in [5, 5.41) is 7.27. The molecule has 35 heavy (non-hydrogen) atoms. The minimum absolute atomic E-state index is 0.194. The summed E-state index contributed by atoms with van der Waals surface area (Å²) >= 11 is 0. The second-order valence-corrected chi connectivity index (χ2v) is 8.78. The minimum Gasteiger partial charge on any atom is -0.436 e. The van der Waals surface area contributed by atoms with Crippen molar-refractivity contribution in [3.63, 3.8) is 0 Å². The van der Waals surface area contributed by atoms with Gasteiger partial charge in [-0.05, 0) is 86.3 Å². The Balaban J connectivity index is 1.55. The fourth-order valence-corrected chi connectivity index (χ4v) is 4.10. The molecule has 176 valence electrons. The second-order valence-electron chi connectivity index (χ2n) is 8.78. The molecule has 0 saturated heterocycles. The fourth-order valence-electron chi connectivity index (χ4n) is 4.10. The van der Waals surface area contributed by atoms with E-state index in [1.165, 1.54) is 4.40 Å². The van der Waals surface area contributed by atoms with Crippen LogP contribution in [0, 0.1) is 27.7 Å². The lowest BCUT2D eigenvalue weighted by Crippen LogP contribution is -2.28. The number of amides is 1. The average molecular weight is 468 g/mol. The van der Waals surface area contributed by atoms with Crippen LogP contribution in [0.3, 0.4) is 0 Å². The minimum atomic E-state index is -0.445. The lowest BCUT2D eigenvalue weighted by Gasteiger charge is -2.09. The van der Waals surface area contributed by atoms with E-state index in [9.17, 15) is 9.59 Å². The normalized spacial score (nSPS) is 11.2. The Morgan fingerprint density at radius 1 is 0.943 bits per heavy atom. The van der Waals surface area contributed by atoms with E-state index in [0.717, 1.165) is 26.9 Å². The summed E-state index contributed by atoms with van der Waals surface area (Å²) in [7, 11) is 0. The number of aryl methyl sites for hydroxylation is 4. The summed E-state index contributed by atoms with van der Waals surface area (Å²) < 4.78 is 8.67. The highest BCUT2D eigenvalue weighted by Crippen LogP contribution is 2.27. The summed E-state index contributed by atoms with van der Waals surface area (Å²) in [5.41, 5.74) is 5.92. The van der Waals surface area contributed by atoms with Gasteiger partial charge in [0.15, 0.2) is 0 Å². The number of nitrogens with one attached hydrogen (secondary N) is 1. The summed E-state index contributed by atoms with van der Waals surface area (Å²) in [5.74, 6) is 0.439. The standard InChI is InChI=1S/C27H25N5O3/c1-16-11-17(2)13-21(12-16)35-26-25-30-31(15-24(33)28-20-10-9-18(3)19(4)14-20)27(34)32(25)23-8-6-5-7-22(23)29-26/h5-14H,15H2,1-4H3,(H,28,33). The van der Waals surface area contributed by atoms with Crippen LogP contribution in [-0.2, 0) is 11.3 Å². The fraction of sp³-hybridized carbons (Fsp3) is 0.185. The third-order valence-electron chi connectivity index (χ3n) is 5.87. The Kier molecular flexibility index (Phi) is 5.56. The summed E-state index contributed by atoms with van der Waals surface area (Å²) in [6.45, 7) is 7.71. The van der Waals surface area contributed by atoms with Gasteiger partial charge in [0.05, 0.1) is 11.0 Å². The lowest BCUT2D eigenvalue weighted by molar-refractivity contribution is -0.117. The molecule has 0 aliphatic heterocycles. The first-order valence-electron chi connectivity index (χ1n) is 11.3. The number of benzene rings is 3. The molecule has 8 heteroatoms. The molecule has 0 aliphatic rings. The van der Waals surface area contributed by atoms with Crippen molar-refractivity contribution in [1.82, 2.24) is 19.2 Å². The number of para-hydroxylation sites is 2. The second kappa shape index (κ2) is 8.72. The predicted octanol–water partition coefficient (Wildman–Crippen LogP) is 4.71. The first-order chi connectivity index (χ1) is 16.8. The molecule has 0 bridgehead atoms. The molecule has 0 saturated carbocycles. The van der Waals surface area contributed by atoms with Crippen molar-refractivity contribution in [3.8, 4) is 11.6 Å². The van der Waals surface area contributed by atoms with Crippen molar-refractivity contribution in [2.75, 3.05) is 5.32 Å². The maximum absolute atomic E-state index is 13.3. The van der Waals surface area contributed by atoms with Gasteiger partial charge in [-0.1, -0.05) is 24.3 Å². The van der Waals surface area contributed by atoms with Crippen LogP contribution in [0.1, 0.15) is 22.3 Å². The molecule has 0 aliphatic carbocycles. The SMILES string of the molecule is Cc1cc(C)cc(Oc2nc3ccccc3n3c(=O)n(CC(=O)Nc4ccc(C)c(C)c4)nc23)c1. The van der Waals surface area contributed by atoms with Crippen LogP contribution in [0.25, 0.3) is 16.7 Å². The number of anilines is 1. The van der Waals surface area contributed by atoms with Gasteiger partial charge < -0.3 is 10.1 Å². The van der Waals surface area contributed by atoms with E-state index < -0.39 is 5.69 Å². The Bertz CT molecular complexity index is 1650. The van der Waals surface area contributed by atoms with Crippen LogP contribution in [0.5, 0.6) is 11.6 Å². The van der Waals surface area contributed by atoms with Gasteiger partial charge in [0.2, 0.25) is 11.6 Å². The zero-order valence-corrected chi connectivity index (χ0v) is 20.0. The third kappa shape index (κ3) is 4.38. The van der Waals surface area contributed by atoms with E-state index in [0.29, 0.717) is 22.5 Å². The number of carbonyl (C=O) groups is 1. The van der Waals surface area contributed by atoms with Crippen molar-refractivity contribution in [2.24, 2.45) is 0 Å². The Hall–Kier alpha value is -4.46. The topological polar surface area (TPSA) is 90.5 Å². The van der Waals surface area contributed by atoms with Gasteiger partial charge in [-0.2, -0.15) is 0 Å². The van der Waals surface area contributed by atoms with Crippen molar-refractivity contribution in [3.05, 3.63) is 93.4 Å². The molecule has 1 N–H and O–H groups in total. The lowest BCUT2D eigenvalue weighted by atomic mass is 10.1. The number of rotatable bonds is 5. The molecule has 0 spiro atoms. The molecule has 0 radical (unpaired) electrons. The quantitative estimate of drug-likeness (QED) is 0.404. The van der Waals surface area contributed by atoms with E-state index >= 15 is 0 Å². The highest BCUT2D eigenvalue weighted by atomic mass is 16.5. The number of nitrogens with zero attached hydrogens (tertiary/aromatic N) is 4. The maximum Gasteiger partial charge on any atom is 0.351 e. The van der Waals surface area contributed by atoms with Crippen LogP contribution in [-0.4, -0.2) is 25.1 Å². The molecule has 0 fully saturated rings. The summed E-state index contributed by atoms with van der Waals surface area (Å²) in [6, 6.07) is 18.8. The first kappa shape index (κ1) is 22.3. The van der Waals surface area contributed by atoms with Crippen molar-refractivity contribution in [1.29, 1.82) is 0 Å². The summed E-state index contributed by atoms with van der Waals surface area (Å²) in [4.78, 5) is 30.7. The van der Waals surface area contributed by atoms with Crippen LogP contribution < -0.4 is 15.7 Å². The maximum atomic E-state index is 13.3. The smallest absolute Gasteiger partial charge is 0.351 e. The van der Waals surface area contributed by atoms with E-state index in [4.69, 9.17) is 4.74 Å². The molecule has 5 rings (SSSR count). The molecular formula is C27H25N5O3. The van der Waals surface area contributed by atoms with Gasteiger partial charge in [-0.25, -0.2) is 18.9 Å². The Morgan fingerprint density at radius 3 is 2.43 bits per heavy atom. The van der Waals surface area contributed by atoms with E-state index in [1.807, 2.05) is 76.2 Å². The number of aromatic nitrogens is 4. The zero-order chi connectivity index (χ0) is 24.7. The predicted molar refractivity (Wildman–Crippen MR) is 135 cm³/mol. The van der Waals surface area contributed by atoms with Gasteiger partial charge in [0.25, 0.3) is 5.88 Å². The van der Waals surface area contributed by atoms with Gasteiger partial charge in [0.1, 0.15) is 12.3 Å². The van der Waals surface area contributed by atoms with E-state index in [1.54, 1.807) is 12.1 Å². The highest BCUT2D eigenvalue weighted by Gasteiger charge is 2.19. The number of hydrogen-bond acceptors (Lipinski definition) is 5. The van der Waals surface area contributed by atoms with Crippen LogP contribution in [0.4, 0.5) is 5.69 Å². The largest absolute Gasteiger partial charge is 0.436 e. The van der Waals surface area contributed by atoms with E-state index in [2.05, 4.69) is 15.4 Å². The molecule has 0 atom stereocenters. The number of carbonyl (C=O) groups excluding carboxylic acids is 1. The van der Waals surface area contributed by atoms with Crippen molar-refractivity contribution < 1.29 is 9.53 Å².